The van der Waals surface area contributed by atoms with Crippen molar-refractivity contribution in [1.82, 2.24) is 14.5 Å². The first-order valence-corrected chi connectivity index (χ1v) is 7.01. The Balaban J connectivity index is 1.82. The lowest BCUT2D eigenvalue weighted by Crippen LogP contribution is -2.26. The van der Waals surface area contributed by atoms with Crippen molar-refractivity contribution in [3.63, 3.8) is 0 Å². The summed E-state index contributed by atoms with van der Waals surface area (Å²) < 4.78 is 1.86. The lowest BCUT2D eigenvalue weighted by Gasteiger charge is -2.22. The number of hydrogen-bond donors (Lipinski definition) is 0. The number of anilines is 1. The van der Waals surface area contributed by atoms with Gasteiger partial charge in [-0.05, 0) is 37.6 Å². The molecule has 0 aromatic carbocycles. The van der Waals surface area contributed by atoms with Crippen LogP contribution in [0.1, 0.15) is 30.0 Å². The molecular weight excluding hydrogens is 264 g/mol. The van der Waals surface area contributed by atoms with Gasteiger partial charge in [0.2, 0.25) is 5.78 Å². The molecule has 0 N–H and O–H groups in total. The Labute approximate surface area is 123 Å². The first-order chi connectivity index (χ1) is 10.1. The highest BCUT2D eigenvalue weighted by atomic mass is 16.1. The summed E-state index contributed by atoms with van der Waals surface area (Å²) in [7, 11) is 2.02. The molecule has 0 aliphatic carbocycles. The van der Waals surface area contributed by atoms with Crippen molar-refractivity contribution in [1.29, 1.82) is 0 Å². The van der Waals surface area contributed by atoms with E-state index in [0.29, 0.717) is 18.4 Å². The zero-order valence-corrected chi connectivity index (χ0v) is 12.4. The van der Waals surface area contributed by atoms with E-state index in [-0.39, 0.29) is 5.78 Å². The van der Waals surface area contributed by atoms with Gasteiger partial charge in [0, 0.05) is 37.3 Å². The molecule has 0 spiro atoms. The summed E-state index contributed by atoms with van der Waals surface area (Å²) in [6.45, 7) is 4.83. The number of allylic oxidation sites excluding steroid dienone is 1. The Morgan fingerprint density at radius 3 is 2.76 bits per heavy atom. The third-order valence-electron chi connectivity index (χ3n) is 3.80. The fourth-order valence-corrected chi connectivity index (χ4v) is 2.31. The molecule has 108 valence electrons. The number of ketones is 1. The number of Topliss-reactive ketones (excluding diaryl/α,β-unsaturated/α-hetero) is 1. The average molecular weight is 282 g/mol. The third kappa shape index (κ3) is 2.46. The normalized spacial score (nSPS) is 15.8. The van der Waals surface area contributed by atoms with Crippen molar-refractivity contribution in [3.05, 3.63) is 47.7 Å². The van der Waals surface area contributed by atoms with E-state index >= 15 is 0 Å². The Kier molecular flexibility index (Phi) is 3.33. The van der Waals surface area contributed by atoms with Crippen LogP contribution in [0, 0.1) is 0 Å². The highest BCUT2D eigenvalue weighted by Gasteiger charge is 2.25. The number of imidazole rings is 1. The summed E-state index contributed by atoms with van der Waals surface area (Å²) in [4.78, 5) is 22.8. The van der Waals surface area contributed by atoms with Gasteiger partial charge in [0.15, 0.2) is 5.82 Å². The summed E-state index contributed by atoms with van der Waals surface area (Å²) in [5, 5.41) is 0. The SMILES string of the molecule is CC(C)N(C)c1ccc(/C=C2/Cn3ccnc3C2=O)cn1. The van der Waals surface area contributed by atoms with E-state index in [1.165, 1.54) is 0 Å². The quantitative estimate of drug-likeness (QED) is 0.811. The maximum absolute atomic E-state index is 12.1. The van der Waals surface area contributed by atoms with Crippen LogP contribution in [0.3, 0.4) is 0 Å². The number of hydrogen-bond acceptors (Lipinski definition) is 4. The molecule has 0 saturated heterocycles. The van der Waals surface area contributed by atoms with Gasteiger partial charge >= 0.3 is 0 Å². The van der Waals surface area contributed by atoms with Gasteiger partial charge in [0.05, 0.1) is 6.54 Å². The Bertz CT molecular complexity index is 697. The molecule has 3 rings (SSSR count). The predicted molar refractivity (Wildman–Crippen MR) is 82.3 cm³/mol. The molecule has 0 atom stereocenters. The second kappa shape index (κ2) is 5.16. The number of pyridine rings is 1. The van der Waals surface area contributed by atoms with E-state index < -0.39 is 0 Å². The van der Waals surface area contributed by atoms with Crippen molar-refractivity contribution in [2.75, 3.05) is 11.9 Å². The molecule has 1 aliphatic heterocycles. The number of carbonyl (C=O) groups excluding carboxylic acids is 1. The molecule has 0 bridgehead atoms. The highest BCUT2D eigenvalue weighted by molar-refractivity contribution is 6.11. The average Bonchev–Trinajstić information content (AvgIpc) is 3.03. The minimum atomic E-state index is 0.00313. The van der Waals surface area contributed by atoms with Gasteiger partial charge in [0.25, 0.3) is 0 Å². The van der Waals surface area contributed by atoms with E-state index in [1.807, 2.05) is 36.0 Å². The monoisotopic (exact) mass is 282 g/mol. The van der Waals surface area contributed by atoms with Crippen molar-refractivity contribution in [2.45, 2.75) is 26.4 Å². The Morgan fingerprint density at radius 2 is 2.14 bits per heavy atom. The topological polar surface area (TPSA) is 51.0 Å². The highest BCUT2D eigenvalue weighted by Crippen LogP contribution is 2.21. The molecule has 5 nitrogen and oxygen atoms in total. The number of nitrogens with zero attached hydrogens (tertiary/aromatic N) is 4. The molecular formula is C16H18N4O. The van der Waals surface area contributed by atoms with Crippen molar-refractivity contribution < 1.29 is 4.79 Å². The minimum Gasteiger partial charge on any atom is -0.357 e. The van der Waals surface area contributed by atoms with Crippen LogP contribution < -0.4 is 4.90 Å². The second-order valence-electron chi connectivity index (χ2n) is 5.53. The standard InChI is InChI=1S/C16H18N4O/c1-11(2)19(3)14-5-4-12(9-18-14)8-13-10-20-7-6-17-16(20)15(13)21/h4-9,11H,10H2,1-3H3/b13-8-. The number of carbonyl (C=O) groups is 1. The van der Waals surface area contributed by atoms with Gasteiger partial charge in [-0.1, -0.05) is 0 Å². The van der Waals surface area contributed by atoms with Crippen LogP contribution in [0.5, 0.6) is 0 Å². The van der Waals surface area contributed by atoms with Crippen molar-refractivity contribution in [2.24, 2.45) is 0 Å². The number of aromatic nitrogens is 3. The number of rotatable bonds is 3. The fourth-order valence-electron chi connectivity index (χ4n) is 2.31. The van der Waals surface area contributed by atoms with Crippen LogP contribution in [0.4, 0.5) is 5.82 Å². The van der Waals surface area contributed by atoms with Gasteiger partial charge in [-0.25, -0.2) is 9.97 Å². The zero-order valence-electron chi connectivity index (χ0n) is 12.4. The molecule has 2 aromatic rings. The van der Waals surface area contributed by atoms with Crippen LogP contribution in [0.15, 0.2) is 36.3 Å². The van der Waals surface area contributed by atoms with Crippen LogP contribution >= 0.6 is 0 Å². The van der Waals surface area contributed by atoms with Crippen LogP contribution in [0.2, 0.25) is 0 Å². The van der Waals surface area contributed by atoms with Crippen LogP contribution in [-0.4, -0.2) is 33.4 Å². The lowest BCUT2D eigenvalue weighted by atomic mass is 10.1. The summed E-state index contributed by atoms with van der Waals surface area (Å²) in [6.07, 6.45) is 7.17. The molecule has 0 radical (unpaired) electrons. The molecule has 2 aromatic heterocycles. The molecule has 3 heterocycles. The first-order valence-electron chi connectivity index (χ1n) is 7.01. The van der Waals surface area contributed by atoms with E-state index in [0.717, 1.165) is 17.0 Å². The predicted octanol–water partition coefficient (Wildman–Crippen LogP) is 2.40. The summed E-state index contributed by atoms with van der Waals surface area (Å²) in [5.74, 6) is 1.45. The van der Waals surface area contributed by atoms with Gasteiger partial charge in [-0.3, -0.25) is 4.79 Å². The van der Waals surface area contributed by atoms with Crippen LogP contribution in [-0.2, 0) is 6.54 Å². The van der Waals surface area contributed by atoms with Crippen molar-refractivity contribution >= 4 is 17.7 Å². The maximum Gasteiger partial charge on any atom is 0.226 e. The van der Waals surface area contributed by atoms with E-state index in [9.17, 15) is 4.79 Å². The summed E-state index contributed by atoms with van der Waals surface area (Å²) >= 11 is 0. The van der Waals surface area contributed by atoms with E-state index in [4.69, 9.17) is 0 Å². The van der Waals surface area contributed by atoms with Gasteiger partial charge < -0.3 is 9.47 Å². The molecule has 1 aliphatic rings. The first kappa shape index (κ1) is 13.5. The number of fused-ring (bicyclic) bond motifs is 1. The fraction of sp³-hybridized carbons (Fsp3) is 0.312. The smallest absolute Gasteiger partial charge is 0.226 e. The molecule has 21 heavy (non-hydrogen) atoms. The van der Waals surface area contributed by atoms with Crippen LogP contribution in [0.25, 0.3) is 6.08 Å². The lowest BCUT2D eigenvalue weighted by molar-refractivity contribution is 0.103. The largest absolute Gasteiger partial charge is 0.357 e. The molecule has 5 heteroatoms. The molecule has 0 amide bonds. The molecule has 0 fully saturated rings. The van der Waals surface area contributed by atoms with E-state index in [1.54, 1.807) is 12.4 Å². The maximum atomic E-state index is 12.1. The summed E-state index contributed by atoms with van der Waals surface area (Å²) in [5.41, 5.74) is 1.69. The Hall–Kier alpha value is -2.43. The van der Waals surface area contributed by atoms with Gasteiger partial charge in [-0.15, -0.1) is 0 Å². The molecule has 0 unspecified atom stereocenters. The minimum absolute atomic E-state index is 0.00313. The van der Waals surface area contributed by atoms with E-state index in [2.05, 4.69) is 28.7 Å². The van der Waals surface area contributed by atoms with Gasteiger partial charge in [-0.2, -0.15) is 0 Å². The van der Waals surface area contributed by atoms with Crippen molar-refractivity contribution in [3.8, 4) is 0 Å². The zero-order chi connectivity index (χ0) is 15.0. The molecule has 0 saturated carbocycles. The summed E-state index contributed by atoms with van der Waals surface area (Å²) in [6, 6.07) is 4.36. The Morgan fingerprint density at radius 1 is 1.33 bits per heavy atom. The third-order valence-corrected chi connectivity index (χ3v) is 3.80. The second-order valence-corrected chi connectivity index (χ2v) is 5.53. The van der Waals surface area contributed by atoms with Gasteiger partial charge in [0.1, 0.15) is 5.82 Å².